The number of aliphatic carboxylic acids is 1. The van der Waals surface area contributed by atoms with Crippen LogP contribution >= 0.6 is 0 Å². The Morgan fingerprint density at radius 2 is 1.50 bits per heavy atom. The molecule has 0 aromatic carbocycles. The number of carbonyl (C=O) groups is 2. The van der Waals surface area contributed by atoms with Crippen molar-refractivity contribution in [2.75, 3.05) is 6.54 Å². The molecule has 0 atom stereocenters. The minimum absolute atomic E-state index is 0.278. The number of primary amides is 1. The van der Waals surface area contributed by atoms with Gasteiger partial charge in [-0.15, -0.1) is 0 Å². The third-order valence-corrected chi connectivity index (χ3v) is 0.454. The van der Waals surface area contributed by atoms with E-state index in [4.69, 9.17) is 9.90 Å². The van der Waals surface area contributed by atoms with E-state index in [1.165, 1.54) is 0 Å². The molecule has 5 nitrogen and oxygen atoms in total. The molecule has 12 heavy (non-hydrogen) atoms. The highest BCUT2D eigenvalue weighted by Crippen LogP contribution is 2.11. The van der Waals surface area contributed by atoms with E-state index in [9.17, 15) is 18.0 Å². The quantitative estimate of drug-likeness (QED) is 0.493. The normalized spacial score (nSPS) is 9.67. The lowest BCUT2D eigenvalue weighted by atomic mass is 10.6. The van der Waals surface area contributed by atoms with Crippen molar-refractivity contribution < 1.29 is 27.9 Å². The van der Waals surface area contributed by atoms with Crippen molar-refractivity contribution in [3.8, 4) is 0 Å². The molecule has 0 bridgehead atoms. The van der Waals surface area contributed by atoms with Crippen LogP contribution in [0.2, 0.25) is 0 Å². The number of carbonyl (C=O) groups excluding carboxylic acids is 1. The summed E-state index contributed by atoms with van der Waals surface area (Å²) >= 11 is 0. The van der Waals surface area contributed by atoms with Gasteiger partial charge in [-0.05, 0) is 0 Å². The van der Waals surface area contributed by atoms with Crippen LogP contribution < -0.4 is 11.5 Å². The van der Waals surface area contributed by atoms with Crippen LogP contribution in [0.5, 0.6) is 0 Å². The predicted molar refractivity (Wildman–Crippen MR) is 31.9 cm³/mol. The van der Waals surface area contributed by atoms with Gasteiger partial charge in [-0.2, -0.15) is 13.2 Å². The molecule has 0 fully saturated rings. The Bertz CT molecular complexity index is 167. The summed E-state index contributed by atoms with van der Waals surface area (Å²) in [5.74, 6) is -3.22. The predicted octanol–water partition coefficient (Wildman–Crippen LogP) is -0.936. The van der Waals surface area contributed by atoms with Crippen LogP contribution in [-0.2, 0) is 9.59 Å². The summed E-state index contributed by atoms with van der Waals surface area (Å²) in [6.07, 6.45) is -4.86. The van der Waals surface area contributed by atoms with Crippen molar-refractivity contribution in [3.63, 3.8) is 0 Å². The van der Waals surface area contributed by atoms with Crippen molar-refractivity contribution in [1.82, 2.24) is 0 Å². The van der Waals surface area contributed by atoms with Gasteiger partial charge in [0, 0.05) is 0 Å². The monoisotopic (exact) mass is 188 g/mol. The third-order valence-electron chi connectivity index (χ3n) is 0.454. The molecule has 0 heterocycles. The molecule has 0 saturated heterocycles. The summed E-state index contributed by atoms with van der Waals surface area (Å²) in [5.41, 5.74) is 8.38. The molecular weight excluding hydrogens is 181 g/mol. The number of hydrogen-bond donors (Lipinski definition) is 3. The van der Waals surface area contributed by atoms with Crippen molar-refractivity contribution in [1.29, 1.82) is 0 Å². The Kier molecular flexibility index (Phi) is 5.93. The maximum Gasteiger partial charge on any atom is 0.470 e. The second-order valence-corrected chi connectivity index (χ2v) is 1.46. The Hall–Kier alpha value is -1.31. The van der Waals surface area contributed by atoms with Crippen LogP contribution in [0.4, 0.5) is 13.2 Å². The number of hydrogen-bond acceptors (Lipinski definition) is 3. The second-order valence-electron chi connectivity index (χ2n) is 1.46. The number of alkyl halides is 3. The molecule has 5 N–H and O–H groups in total. The van der Waals surface area contributed by atoms with E-state index in [0.29, 0.717) is 0 Å². The highest BCUT2D eigenvalue weighted by Gasteiger charge is 2.35. The molecule has 0 spiro atoms. The Labute approximate surface area is 65.1 Å². The summed E-state index contributed by atoms with van der Waals surface area (Å²) in [6.45, 7) is -0.278. The third kappa shape index (κ3) is 11.5. The lowest BCUT2D eigenvalue weighted by Gasteiger charge is -1.95. The van der Waals surface area contributed by atoms with E-state index in [1.807, 2.05) is 0 Å². The summed E-state index contributed by atoms with van der Waals surface area (Å²) in [5, 5.41) is 7.60. The fourth-order valence-electron chi connectivity index (χ4n) is 0. The zero-order valence-electron chi connectivity index (χ0n) is 5.76. The van der Waals surface area contributed by atoms with E-state index < -0.39 is 18.1 Å². The largest absolute Gasteiger partial charge is 0.480 e. The van der Waals surface area contributed by atoms with Crippen LogP contribution in [-0.4, -0.2) is 29.7 Å². The van der Waals surface area contributed by atoms with Gasteiger partial charge in [0.25, 0.3) is 0 Å². The maximum absolute atomic E-state index is 10.7. The van der Waals surface area contributed by atoms with Gasteiger partial charge in [0.05, 0.1) is 6.54 Å². The highest BCUT2D eigenvalue weighted by molar-refractivity contribution is 5.79. The number of halogens is 3. The van der Waals surface area contributed by atoms with Crippen LogP contribution in [0.1, 0.15) is 0 Å². The highest BCUT2D eigenvalue weighted by atomic mass is 19.4. The zero-order valence-corrected chi connectivity index (χ0v) is 5.76. The molecule has 0 saturated carbocycles. The summed E-state index contributed by atoms with van der Waals surface area (Å²) < 4.78 is 32.1. The van der Waals surface area contributed by atoms with Crippen molar-refractivity contribution in [3.05, 3.63) is 0 Å². The van der Waals surface area contributed by atoms with Gasteiger partial charge < -0.3 is 16.6 Å². The number of carboxylic acids is 1. The first-order valence-corrected chi connectivity index (χ1v) is 2.50. The fourth-order valence-corrected chi connectivity index (χ4v) is 0. The molecule has 0 aromatic rings. The second kappa shape index (κ2) is 5.35. The average Bonchev–Trinajstić information content (AvgIpc) is 1.87. The molecule has 0 aliphatic carbocycles. The molecule has 72 valence electrons. The number of amides is 1. The number of rotatable bonds is 1. The van der Waals surface area contributed by atoms with E-state index in [1.54, 1.807) is 0 Å². The first-order valence-electron chi connectivity index (χ1n) is 2.50. The molecular formula is C4H7F3N2O3. The molecule has 0 aliphatic rings. The van der Waals surface area contributed by atoms with Gasteiger partial charge in [-0.1, -0.05) is 0 Å². The van der Waals surface area contributed by atoms with Crippen molar-refractivity contribution in [2.24, 2.45) is 11.5 Å². The molecule has 0 unspecified atom stereocenters. The minimum atomic E-state index is -4.86. The zero-order chi connectivity index (χ0) is 10.4. The summed E-state index contributed by atoms with van der Waals surface area (Å²) in [4.78, 5) is 18.4. The molecule has 0 radical (unpaired) electrons. The summed E-state index contributed by atoms with van der Waals surface area (Å²) in [7, 11) is 0. The maximum atomic E-state index is 10.7. The smallest absolute Gasteiger partial charge is 0.470 e. The van der Waals surface area contributed by atoms with Crippen molar-refractivity contribution in [2.45, 2.75) is 6.18 Å². The number of carboxylic acid groups (broad SMARTS) is 1. The molecule has 8 heteroatoms. The molecule has 0 aliphatic heterocycles. The van der Waals surface area contributed by atoms with Gasteiger partial charge >= 0.3 is 18.1 Å². The topological polar surface area (TPSA) is 106 Å². The van der Waals surface area contributed by atoms with E-state index in [0.717, 1.165) is 0 Å². The Morgan fingerprint density at radius 3 is 1.50 bits per heavy atom. The minimum Gasteiger partial charge on any atom is -0.480 e. The van der Waals surface area contributed by atoms with E-state index in [-0.39, 0.29) is 6.54 Å². The lowest BCUT2D eigenvalue weighted by Crippen LogP contribution is -2.30. The number of nitrogens with two attached hydrogens (primary N) is 2. The first-order chi connectivity index (χ1) is 5.21. The van der Waals surface area contributed by atoms with Crippen LogP contribution in [0.3, 0.4) is 0 Å². The van der Waals surface area contributed by atoms with E-state index in [2.05, 4.69) is 11.5 Å². The SMILES string of the molecule is NC(=O)C(F)(F)F.NCC(=O)O. The van der Waals surface area contributed by atoms with Gasteiger partial charge in [0.2, 0.25) is 0 Å². The molecule has 0 rings (SSSR count). The van der Waals surface area contributed by atoms with E-state index >= 15 is 0 Å². The first kappa shape index (κ1) is 13.3. The van der Waals surface area contributed by atoms with Crippen molar-refractivity contribution >= 4 is 11.9 Å². The Balaban J connectivity index is 0. The summed E-state index contributed by atoms with van der Waals surface area (Å²) in [6, 6.07) is 0. The van der Waals surface area contributed by atoms with Gasteiger partial charge in [0.1, 0.15) is 0 Å². The molecule has 0 aromatic heterocycles. The average molecular weight is 188 g/mol. The fraction of sp³-hybridized carbons (Fsp3) is 0.500. The van der Waals surface area contributed by atoms with Gasteiger partial charge in [-0.3, -0.25) is 9.59 Å². The van der Waals surface area contributed by atoms with Crippen LogP contribution in [0, 0.1) is 0 Å². The lowest BCUT2D eigenvalue weighted by molar-refractivity contribution is -0.169. The van der Waals surface area contributed by atoms with Gasteiger partial charge in [0.15, 0.2) is 0 Å². The Morgan fingerprint density at radius 1 is 1.33 bits per heavy atom. The van der Waals surface area contributed by atoms with Gasteiger partial charge in [-0.25, -0.2) is 0 Å². The van der Waals surface area contributed by atoms with Crippen LogP contribution in [0.15, 0.2) is 0 Å². The molecule has 1 amide bonds. The standard InChI is InChI=1S/C2H2F3NO.C2H5NO2/c3-2(4,5)1(6)7;3-1-2(4)5/h(H2,6,7);1,3H2,(H,4,5). The van der Waals surface area contributed by atoms with Crippen LogP contribution in [0.25, 0.3) is 0 Å².